The van der Waals surface area contributed by atoms with E-state index < -0.39 is 0 Å². The standard InChI is InChI=1S/C32H22Br2FN3O4/c1-2-40-28-14-20(13-25(34)30(28)41-18-19-6-5-7-23(35)12-19)17-36-38-31(37-26-9-4-3-8-24(26)32(38)39)29-16-21-15-22(33)10-11-27(21)42-29/h3-17H,2,18H2,1H3. The predicted octanol–water partition coefficient (Wildman–Crippen LogP) is 8.33. The minimum absolute atomic E-state index is 0.152. The highest BCUT2D eigenvalue weighted by molar-refractivity contribution is 9.10. The number of hydrogen-bond acceptors (Lipinski definition) is 6. The van der Waals surface area contributed by atoms with Crippen molar-refractivity contribution >= 4 is 59.9 Å². The third kappa shape index (κ3) is 5.73. The average Bonchev–Trinajstić information content (AvgIpc) is 3.39. The van der Waals surface area contributed by atoms with Gasteiger partial charge in [-0.15, -0.1) is 0 Å². The van der Waals surface area contributed by atoms with Crippen LogP contribution >= 0.6 is 31.9 Å². The Morgan fingerprint density at radius 3 is 2.69 bits per heavy atom. The smallest absolute Gasteiger partial charge is 0.282 e. The molecule has 6 aromatic rings. The number of rotatable bonds is 8. The summed E-state index contributed by atoms with van der Waals surface area (Å²) in [6, 6.07) is 24.4. The third-order valence-electron chi connectivity index (χ3n) is 6.38. The maximum absolute atomic E-state index is 13.6. The minimum Gasteiger partial charge on any atom is -0.490 e. The highest BCUT2D eigenvalue weighted by atomic mass is 79.9. The molecule has 10 heteroatoms. The van der Waals surface area contributed by atoms with Gasteiger partial charge in [0.1, 0.15) is 18.0 Å². The molecule has 7 nitrogen and oxygen atoms in total. The summed E-state index contributed by atoms with van der Waals surface area (Å²) in [5.41, 5.74) is 2.18. The van der Waals surface area contributed by atoms with Gasteiger partial charge in [-0.25, -0.2) is 9.37 Å². The number of ether oxygens (including phenoxy) is 2. The second-order valence-electron chi connectivity index (χ2n) is 9.29. The van der Waals surface area contributed by atoms with E-state index in [2.05, 4.69) is 37.0 Å². The first kappa shape index (κ1) is 27.9. The molecule has 0 radical (unpaired) electrons. The van der Waals surface area contributed by atoms with E-state index in [1.165, 1.54) is 16.8 Å². The first-order valence-electron chi connectivity index (χ1n) is 13.0. The molecule has 0 saturated carbocycles. The molecule has 0 aliphatic heterocycles. The number of benzene rings is 4. The van der Waals surface area contributed by atoms with Gasteiger partial charge in [-0.2, -0.15) is 9.78 Å². The van der Waals surface area contributed by atoms with Crippen molar-refractivity contribution in [2.45, 2.75) is 13.5 Å². The highest BCUT2D eigenvalue weighted by Crippen LogP contribution is 2.37. The summed E-state index contributed by atoms with van der Waals surface area (Å²) < 4.78 is 34.3. The molecular formula is C32H22Br2FN3O4. The molecule has 0 saturated heterocycles. The zero-order chi connectivity index (χ0) is 29.2. The van der Waals surface area contributed by atoms with E-state index >= 15 is 0 Å². The normalized spacial score (nSPS) is 11.5. The number of aromatic nitrogens is 2. The Hall–Kier alpha value is -4.28. The quantitative estimate of drug-likeness (QED) is 0.150. The summed E-state index contributed by atoms with van der Waals surface area (Å²) in [5, 5.41) is 5.84. The van der Waals surface area contributed by atoms with Crippen LogP contribution in [0.1, 0.15) is 18.1 Å². The Labute approximate surface area is 256 Å². The van der Waals surface area contributed by atoms with Crippen LogP contribution < -0.4 is 15.0 Å². The third-order valence-corrected chi connectivity index (χ3v) is 7.46. The second kappa shape index (κ2) is 11.9. The number of nitrogens with zero attached hydrogens (tertiary/aromatic N) is 3. The average molecular weight is 691 g/mol. The summed E-state index contributed by atoms with van der Waals surface area (Å²) in [5.74, 6) is 1.27. The van der Waals surface area contributed by atoms with Gasteiger partial charge >= 0.3 is 0 Å². The number of fused-ring (bicyclic) bond motifs is 2. The monoisotopic (exact) mass is 689 g/mol. The van der Waals surface area contributed by atoms with Gasteiger partial charge in [0, 0.05) is 9.86 Å². The van der Waals surface area contributed by atoms with Crippen molar-refractivity contribution in [3.05, 3.63) is 121 Å². The Morgan fingerprint density at radius 2 is 1.86 bits per heavy atom. The molecule has 0 amide bonds. The molecule has 0 aliphatic carbocycles. The molecule has 0 spiro atoms. The maximum Gasteiger partial charge on any atom is 0.282 e. The van der Waals surface area contributed by atoms with Crippen molar-refractivity contribution in [3.63, 3.8) is 0 Å². The van der Waals surface area contributed by atoms with Gasteiger partial charge in [0.25, 0.3) is 5.56 Å². The first-order valence-corrected chi connectivity index (χ1v) is 14.6. The predicted molar refractivity (Wildman–Crippen MR) is 168 cm³/mol. The molecule has 2 aromatic heterocycles. The van der Waals surface area contributed by atoms with E-state index in [0.29, 0.717) is 56.0 Å². The van der Waals surface area contributed by atoms with Crippen LogP contribution in [0.15, 0.2) is 108 Å². The fourth-order valence-corrected chi connectivity index (χ4v) is 5.44. The van der Waals surface area contributed by atoms with Crippen LogP contribution in [0.3, 0.4) is 0 Å². The van der Waals surface area contributed by atoms with Crippen LogP contribution in [0.4, 0.5) is 4.39 Å². The summed E-state index contributed by atoms with van der Waals surface area (Å²) in [6.45, 7) is 2.41. The van der Waals surface area contributed by atoms with Crippen LogP contribution in [0, 0.1) is 5.82 Å². The Morgan fingerprint density at radius 1 is 1.00 bits per heavy atom. The molecule has 4 aromatic carbocycles. The lowest BCUT2D eigenvalue weighted by atomic mass is 10.2. The van der Waals surface area contributed by atoms with Gasteiger partial charge in [-0.05, 0) is 94.6 Å². The van der Waals surface area contributed by atoms with E-state index in [1.807, 2.05) is 37.3 Å². The Balaban J connectivity index is 1.40. The zero-order valence-electron chi connectivity index (χ0n) is 22.2. The van der Waals surface area contributed by atoms with E-state index in [9.17, 15) is 9.18 Å². The molecule has 0 unspecified atom stereocenters. The number of furan rings is 1. The molecule has 210 valence electrons. The van der Waals surface area contributed by atoms with Crippen LogP contribution in [0.25, 0.3) is 33.5 Å². The van der Waals surface area contributed by atoms with Gasteiger partial charge in [-0.1, -0.05) is 40.2 Å². The number of para-hydroxylation sites is 1. The van der Waals surface area contributed by atoms with Gasteiger partial charge in [0.15, 0.2) is 17.3 Å². The molecule has 2 heterocycles. The number of hydrogen-bond donors (Lipinski definition) is 0. The topological polar surface area (TPSA) is 78.9 Å². The lowest BCUT2D eigenvalue weighted by molar-refractivity contribution is 0.267. The van der Waals surface area contributed by atoms with Crippen LogP contribution in [0.5, 0.6) is 11.5 Å². The summed E-state index contributed by atoms with van der Waals surface area (Å²) >= 11 is 7.05. The van der Waals surface area contributed by atoms with Crippen LogP contribution in [0.2, 0.25) is 0 Å². The minimum atomic E-state index is -0.340. The van der Waals surface area contributed by atoms with Crippen molar-refractivity contribution in [3.8, 4) is 23.1 Å². The van der Waals surface area contributed by atoms with Crippen molar-refractivity contribution in [1.82, 2.24) is 9.66 Å². The molecule has 6 rings (SSSR count). The molecule has 0 atom stereocenters. The van der Waals surface area contributed by atoms with E-state index in [0.717, 1.165) is 9.86 Å². The summed E-state index contributed by atoms with van der Waals surface area (Å²) in [4.78, 5) is 18.4. The van der Waals surface area contributed by atoms with Gasteiger partial charge in [0.2, 0.25) is 5.82 Å². The molecule has 0 N–H and O–H groups in total. The number of halogens is 3. The molecule has 0 bridgehead atoms. The molecule has 0 aliphatic rings. The van der Waals surface area contributed by atoms with E-state index in [1.54, 1.807) is 48.7 Å². The Kier molecular flexibility index (Phi) is 7.90. The lowest BCUT2D eigenvalue weighted by Gasteiger charge is -2.15. The van der Waals surface area contributed by atoms with Crippen molar-refractivity contribution in [2.24, 2.45) is 5.10 Å². The van der Waals surface area contributed by atoms with Crippen LogP contribution in [-0.4, -0.2) is 22.5 Å². The SMILES string of the molecule is CCOc1cc(C=Nn2c(-c3cc4cc(Br)ccc4o3)nc3ccccc3c2=O)cc(Br)c1OCc1cccc(F)c1. The zero-order valence-corrected chi connectivity index (χ0v) is 25.4. The highest BCUT2D eigenvalue weighted by Gasteiger charge is 2.17. The molecule has 42 heavy (non-hydrogen) atoms. The fraction of sp³-hybridized carbons (Fsp3) is 0.0938. The van der Waals surface area contributed by atoms with E-state index in [-0.39, 0.29) is 23.8 Å². The molecular weight excluding hydrogens is 669 g/mol. The first-order chi connectivity index (χ1) is 20.4. The van der Waals surface area contributed by atoms with E-state index in [4.69, 9.17) is 18.9 Å². The van der Waals surface area contributed by atoms with Gasteiger partial charge in [-0.3, -0.25) is 4.79 Å². The van der Waals surface area contributed by atoms with Crippen molar-refractivity contribution in [1.29, 1.82) is 0 Å². The second-order valence-corrected chi connectivity index (χ2v) is 11.1. The largest absolute Gasteiger partial charge is 0.490 e. The maximum atomic E-state index is 13.6. The van der Waals surface area contributed by atoms with Crippen molar-refractivity contribution in [2.75, 3.05) is 6.61 Å². The van der Waals surface area contributed by atoms with Gasteiger partial charge in [0.05, 0.1) is 28.2 Å². The summed E-state index contributed by atoms with van der Waals surface area (Å²) in [6.07, 6.45) is 1.55. The fourth-order valence-electron chi connectivity index (χ4n) is 4.49. The Bertz CT molecular complexity index is 2040. The van der Waals surface area contributed by atoms with Crippen molar-refractivity contribution < 1.29 is 18.3 Å². The van der Waals surface area contributed by atoms with Crippen LogP contribution in [-0.2, 0) is 6.61 Å². The molecule has 0 fully saturated rings. The lowest BCUT2D eigenvalue weighted by Crippen LogP contribution is -2.20. The summed E-state index contributed by atoms with van der Waals surface area (Å²) in [7, 11) is 0. The van der Waals surface area contributed by atoms with Gasteiger partial charge < -0.3 is 13.9 Å².